The maximum absolute atomic E-state index is 13.1. The number of nitrogens with zero attached hydrogens (tertiary/aromatic N) is 4. The van der Waals surface area contributed by atoms with Gasteiger partial charge in [-0.1, -0.05) is 56.1 Å². The van der Waals surface area contributed by atoms with Crippen molar-refractivity contribution >= 4 is 32.8 Å². The predicted octanol–water partition coefficient (Wildman–Crippen LogP) is 5.74. The van der Waals surface area contributed by atoms with E-state index in [1.807, 2.05) is 30.3 Å². The van der Waals surface area contributed by atoms with Gasteiger partial charge in [-0.05, 0) is 49.1 Å². The van der Waals surface area contributed by atoms with Crippen molar-refractivity contribution in [2.75, 3.05) is 13.6 Å². The summed E-state index contributed by atoms with van der Waals surface area (Å²) in [6.07, 6.45) is 6.38. The lowest BCUT2D eigenvalue weighted by Crippen LogP contribution is -2.27. The van der Waals surface area contributed by atoms with E-state index < -0.39 is 10.0 Å². The highest BCUT2D eigenvalue weighted by Gasteiger charge is 2.26. The largest absolute Gasteiger partial charge is 0.316 e. The molecule has 0 bridgehead atoms. The van der Waals surface area contributed by atoms with Crippen LogP contribution in [0.25, 0.3) is 11.0 Å². The number of hydrogen-bond donors (Lipinski definition) is 0. The van der Waals surface area contributed by atoms with Crippen LogP contribution in [0.3, 0.4) is 0 Å². The van der Waals surface area contributed by atoms with E-state index in [1.165, 1.54) is 17.1 Å². The number of sulfonamides is 1. The summed E-state index contributed by atoms with van der Waals surface area (Å²) in [6.45, 7) is 2.56. The minimum absolute atomic E-state index is 0.288. The fourth-order valence-corrected chi connectivity index (χ4v) is 6.73. The van der Waals surface area contributed by atoms with Gasteiger partial charge in [0.25, 0.3) is 0 Å². The molecule has 0 spiro atoms. The lowest BCUT2D eigenvalue weighted by Gasteiger charge is -2.18. The van der Waals surface area contributed by atoms with Gasteiger partial charge in [0.1, 0.15) is 0 Å². The lowest BCUT2D eigenvalue weighted by atomic mass is 10.1. The van der Waals surface area contributed by atoms with Crippen molar-refractivity contribution in [2.24, 2.45) is 0 Å². The van der Waals surface area contributed by atoms with E-state index in [4.69, 9.17) is 4.98 Å². The van der Waals surface area contributed by atoms with Crippen LogP contribution in [0, 0.1) is 11.3 Å². The molecule has 0 unspecified atom stereocenters. The van der Waals surface area contributed by atoms with Crippen LogP contribution in [0.1, 0.15) is 62.6 Å². The van der Waals surface area contributed by atoms with Crippen molar-refractivity contribution in [1.29, 1.82) is 5.26 Å². The number of imidazole rings is 1. The summed E-state index contributed by atoms with van der Waals surface area (Å²) in [5, 5.41) is 10.3. The Kier molecular flexibility index (Phi) is 7.42. The van der Waals surface area contributed by atoms with Crippen LogP contribution in [-0.4, -0.2) is 35.9 Å². The molecule has 0 N–H and O–H groups in total. The third-order valence-electron chi connectivity index (χ3n) is 6.35. The summed E-state index contributed by atoms with van der Waals surface area (Å²) >= 11 is 1.61. The molecule has 1 fully saturated rings. The van der Waals surface area contributed by atoms with Gasteiger partial charge in [0.15, 0.2) is 5.16 Å². The number of fused-ring (bicyclic) bond motifs is 1. The fraction of sp³-hybridized carbons (Fsp3) is 0.440. The Bertz CT molecular complexity index is 1270. The van der Waals surface area contributed by atoms with Gasteiger partial charge < -0.3 is 4.57 Å². The van der Waals surface area contributed by atoms with Crippen molar-refractivity contribution in [3.63, 3.8) is 0 Å². The van der Waals surface area contributed by atoms with Gasteiger partial charge in [-0.2, -0.15) is 5.26 Å². The first-order valence-electron chi connectivity index (χ1n) is 11.5. The van der Waals surface area contributed by atoms with E-state index >= 15 is 0 Å². The molecule has 0 saturated heterocycles. The molecule has 2 aromatic carbocycles. The number of nitriles is 1. The molecule has 1 aromatic heterocycles. The lowest BCUT2D eigenvalue weighted by molar-refractivity contribution is 0.459. The molecule has 33 heavy (non-hydrogen) atoms. The molecule has 0 aliphatic heterocycles. The van der Waals surface area contributed by atoms with E-state index in [2.05, 4.69) is 17.6 Å². The molecule has 6 nitrogen and oxygen atoms in total. The quantitative estimate of drug-likeness (QED) is 0.364. The van der Waals surface area contributed by atoms with E-state index in [0.29, 0.717) is 29.4 Å². The van der Waals surface area contributed by atoms with E-state index in [0.717, 1.165) is 41.9 Å². The molecule has 0 amide bonds. The average molecular weight is 483 g/mol. The Morgan fingerprint density at radius 1 is 1.21 bits per heavy atom. The molecule has 1 aliphatic rings. The van der Waals surface area contributed by atoms with Crippen molar-refractivity contribution in [2.45, 2.75) is 67.3 Å². The summed E-state index contributed by atoms with van der Waals surface area (Å²) in [7, 11) is -1.91. The molecular formula is C25H30N4O2S2. The summed E-state index contributed by atoms with van der Waals surface area (Å²) in [5.41, 5.74) is 3.35. The van der Waals surface area contributed by atoms with Crippen LogP contribution in [0.2, 0.25) is 0 Å². The summed E-state index contributed by atoms with van der Waals surface area (Å²) in [6, 6.07) is 15.6. The molecule has 8 heteroatoms. The van der Waals surface area contributed by atoms with Gasteiger partial charge in [-0.25, -0.2) is 17.7 Å². The summed E-state index contributed by atoms with van der Waals surface area (Å²) < 4.78 is 29.9. The molecule has 1 aliphatic carbocycles. The molecule has 3 aromatic rings. The van der Waals surface area contributed by atoms with Crippen molar-refractivity contribution in [1.82, 2.24) is 13.9 Å². The smallest absolute Gasteiger partial charge is 0.242 e. The second-order valence-electron chi connectivity index (χ2n) is 8.59. The van der Waals surface area contributed by atoms with Crippen LogP contribution in [0.4, 0.5) is 0 Å². The normalized spacial score (nSPS) is 14.8. The van der Waals surface area contributed by atoms with Crippen molar-refractivity contribution in [3.05, 3.63) is 53.6 Å². The van der Waals surface area contributed by atoms with Crippen LogP contribution in [0.15, 0.2) is 52.5 Å². The SMILES string of the molecule is CCCCN(C)S(=O)(=O)c1ccc2c(c1)nc(SCc1ccccc1C#N)n2C1CCCC1. The third kappa shape index (κ3) is 4.96. The Balaban J connectivity index is 1.70. The Morgan fingerprint density at radius 3 is 2.70 bits per heavy atom. The number of benzene rings is 2. The highest BCUT2D eigenvalue weighted by molar-refractivity contribution is 7.98. The topological polar surface area (TPSA) is 79.0 Å². The number of aromatic nitrogens is 2. The first-order valence-corrected chi connectivity index (χ1v) is 14.0. The Morgan fingerprint density at radius 2 is 1.97 bits per heavy atom. The monoisotopic (exact) mass is 482 g/mol. The Labute approximate surface area is 200 Å². The second-order valence-corrected chi connectivity index (χ2v) is 11.6. The van der Waals surface area contributed by atoms with Crippen LogP contribution in [-0.2, 0) is 15.8 Å². The zero-order valence-corrected chi connectivity index (χ0v) is 20.8. The van der Waals surface area contributed by atoms with Gasteiger partial charge in [-0.15, -0.1) is 0 Å². The van der Waals surface area contributed by atoms with Crippen molar-refractivity contribution in [3.8, 4) is 6.07 Å². The summed E-state index contributed by atoms with van der Waals surface area (Å²) in [5.74, 6) is 0.644. The first kappa shape index (κ1) is 23.8. The van der Waals surface area contributed by atoms with Gasteiger partial charge in [0.2, 0.25) is 10.0 Å². The molecule has 4 rings (SSSR count). The van der Waals surface area contributed by atoms with E-state index in [-0.39, 0.29) is 4.90 Å². The standard InChI is InChI=1S/C25H30N4O2S2/c1-3-4-15-28(2)33(30,31)22-13-14-24-23(16-22)27-25(29(24)21-11-7-8-12-21)32-18-20-10-6-5-9-19(20)17-26/h5-6,9-10,13-14,16,21H,3-4,7-8,11-12,15,18H2,1-2H3. The molecule has 0 atom stereocenters. The molecule has 174 valence electrons. The summed E-state index contributed by atoms with van der Waals surface area (Å²) in [4.78, 5) is 5.17. The number of thioether (sulfide) groups is 1. The highest BCUT2D eigenvalue weighted by atomic mass is 32.2. The second kappa shape index (κ2) is 10.3. The van der Waals surface area contributed by atoms with Crippen LogP contribution >= 0.6 is 11.8 Å². The van der Waals surface area contributed by atoms with Crippen LogP contribution < -0.4 is 0 Å². The minimum atomic E-state index is -3.55. The van der Waals surface area contributed by atoms with Gasteiger partial charge in [-0.3, -0.25) is 0 Å². The van der Waals surface area contributed by atoms with Gasteiger partial charge in [0.05, 0.1) is 27.6 Å². The number of hydrogen-bond acceptors (Lipinski definition) is 5. The van der Waals surface area contributed by atoms with Gasteiger partial charge >= 0.3 is 0 Å². The highest BCUT2D eigenvalue weighted by Crippen LogP contribution is 2.38. The van der Waals surface area contributed by atoms with E-state index in [9.17, 15) is 13.7 Å². The maximum atomic E-state index is 13.1. The first-order chi connectivity index (χ1) is 16.0. The zero-order chi connectivity index (χ0) is 23.4. The molecule has 0 radical (unpaired) electrons. The fourth-order valence-electron chi connectivity index (χ4n) is 4.41. The van der Waals surface area contributed by atoms with Gasteiger partial charge in [0, 0.05) is 25.4 Å². The molecule has 1 heterocycles. The zero-order valence-electron chi connectivity index (χ0n) is 19.2. The molecule has 1 saturated carbocycles. The Hall–Kier alpha value is -2.34. The number of rotatable bonds is 9. The third-order valence-corrected chi connectivity index (χ3v) is 9.20. The van der Waals surface area contributed by atoms with Crippen molar-refractivity contribution < 1.29 is 8.42 Å². The maximum Gasteiger partial charge on any atom is 0.242 e. The average Bonchev–Trinajstić information content (AvgIpc) is 3.48. The number of unbranched alkanes of at least 4 members (excludes halogenated alkanes) is 1. The van der Waals surface area contributed by atoms with Crippen LogP contribution in [0.5, 0.6) is 0 Å². The minimum Gasteiger partial charge on any atom is -0.316 e. The van der Waals surface area contributed by atoms with E-state index in [1.54, 1.807) is 30.9 Å². The predicted molar refractivity (Wildman–Crippen MR) is 133 cm³/mol. The molecular weight excluding hydrogens is 452 g/mol.